The van der Waals surface area contributed by atoms with Crippen LogP contribution < -0.4 is 0 Å². The van der Waals surface area contributed by atoms with Gasteiger partial charge >= 0.3 is 0 Å². The molecule has 5 heteroatoms. The summed E-state index contributed by atoms with van der Waals surface area (Å²) in [6.07, 6.45) is 0. The van der Waals surface area contributed by atoms with E-state index in [1.165, 1.54) is 10.8 Å². The molecule has 5 aromatic rings. The standard InChI is InChI=1S/C20H12ClN3S/c21-17-9-7-14(8-10-17)18-12-25-20-22-19(23-24(18)20)16-6-5-13-3-1-2-4-15(13)11-16/h1-12H. The topological polar surface area (TPSA) is 30.2 Å². The molecule has 2 heterocycles. The van der Waals surface area contributed by atoms with Gasteiger partial charge < -0.3 is 0 Å². The predicted molar refractivity (Wildman–Crippen MR) is 104 cm³/mol. The molecule has 0 saturated carbocycles. The highest BCUT2D eigenvalue weighted by molar-refractivity contribution is 7.15. The summed E-state index contributed by atoms with van der Waals surface area (Å²) in [7, 11) is 0. The molecule has 2 aromatic heterocycles. The lowest BCUT2D eigenvalue weighted by molar-refractivity contribution is 0.990. The van der Waals surface area contributed by atoms with Gasteiger partial charge in [-0.15, -0.1) is 16.4 Å². The highest BCUT2D eigenvalue weighted by Gasteiger charge is 2.13. The second kappa shape index (κ2) is 5.69. The molecule has 25 heavy (non-hydrogen) atoms. The molecule has 3 aromatic carbocycles. The fourth-order valence-corrected chi connectivity index (χ4v) is 3.91. The number of halogens is 1. The minimum Gasteiger partial charge on any atom is -0.203 e. The van der Waals surface area contributed by atoms with Crippen LogP contribution in [-0.2, 0) is 0 Å². The first-order chi connectivity index (χ1) is 12.3. The van der Waals surface area contributed by atoms with Crippen molar-refractivity contribution >= 4 is 38.7 Å². The Hall–Kier alpha value is -2.69. The van der Waals surface area contributed by atoms with E-state index in [1.54, 1.807) is 11.3 Å². The Bertz CT molecular complexity index is 1200. The van der Waals surface area contributed by atoms with Gasteiger partial charge in [0.05, 0.1) is 5.69 Å². The average molecular weight is 362 g/mol. The zero-order valence-corrected chi connectivity index (χ0v) is 14.6. The molecule has 0 radical (unpaired) electrons. The maximum absolute atomic E-state index is 5.99. The third-order valence-electron chi connectivity index (χ3n) is 4.23. The van der Waals surface area contributed by atoms with Crippen LogP contribution in [0.1, 0.15) is 0 Å². The van der Waals surface area contributed by atoms with Crippen LogP contribution in [0.2, 0.25) is 5.02 Å². The van der Waals surface area contributed by atoms with E-state index < -0.39 is 0 Å². The Morgan fingerprint density at radius 3 is 2.44 bits per heavy atom. The SMILES string of the molecule is Clc1ccc(-c2csc3nc(-c4ccc5ccccc5c4)nn23)cc1. The smallest absolute Gasteiger partial charge is 0.203 e. The van der Waals surface area contributed by atoms with Crippen molar-refractivity contribution in [1.29, 1.82) is 0 Å². The van der Waals surface area contributed by atoms with E-state index >= 15 is 0 Å². The predicted octanol–water partition coefficient (Wildman–Crippen LogP) is 5.93. The van der Waals surface area contributed by atoms with E-state index in [2.05, 4.69) is 35.7 Å². The van der Waals surface area contributed by atoms with Crippen LogP contribution in [0.4, 0.5) is 0 Å². The van der Waals surface area contributed by atoms with E-state index in [1.807, 2.05) is 40.9 Å². The van der Waals surface area contributed by atoms with Gasteiger partial charge in [-0.1, -0.05) is 60.1 Å². The van der Waals surface area contributed by atoms with Crippen molar-refractivity contribution in [1.82, 2.24) is 14.6 Å². The van der Waals surface area contributed by atoms with E-state index in [0.29, 0.717) is 0 Å². The van der Waals surface area contributed by atoms with Crippen molar-refractivity contribution in [3.05, 3.63) is 77.1 Å². The van der Waals surface area contributed by atoms with Crippen LogP contribution in [-0.4, -0.2) is 14.6 Å². The van der Waals surface area contributed by atoms with Crippen LogP contribution in [0.15, 0.2) is 72.1 Å². The molecule has 120 valence electrons. The summed E-state index contributed by atoms with van der Waals surface area (Å²) < 4.78 is 1.90. The van der Waals surface area contributed by atoms with Gasteiger partial charge in [-0.25, -0.2) is 4.52 Å². The van der Waals surface area contributed by atoms with Crippen LogP contribution >= 0.6 is 22.9 Å². The Labute approximate surface area is 153 Å². The highest BCUT2D eigenvalue weighted by atomic mass is 35.5. The van der Waals surface area contributed by atoms with Crippen molar-refractivity contribution < 1.29 is 0 Å². The van der Waals surface area contributed by atoms with Crippen LogP contribution in [0.5, 0.6) is 0 Å². The lowest BCUT2D eigenvalue weighted by atomic mass is 10.1. The average Bonchev–Trinajstić information content (AvgIpc) is 3.23. The van der Waals surface area contributed by atoms with Crippen LogP contribution in [0.25, 0.3) is 38.4 Å². The van der Waals surface area contributed by atoms with Gasteiger partial charge in [0.2, 0.25) is 4.96 Å². The number of hydrogen-bond acceptors (Lipinski definition) is 3. The van der Waals surface area contributed by atoms with Crippen molar-refractivity contribution in [2.45, 2.75) is 0 Å². The van der Waals surface area contributed by atoms with Crippen molar-refractivity contribution in [3.8, 4) is 22.6 Å². The Morgan fingerprint density at radius 1 is 0.840 bits per heavy atom. The van der Waals surface area contributed by atoms with Gasteiger partial charge in [0, 0.05) is 21.5 Å². The van der Waals surface area contributed by atoms with Crippen molar-refractivity contribution in [3.63, 3.8) is 0 Å². The van der Waals surface area contributed by atoms with Crippen molar-refractivity contribution in [2.75, 3.05) is 0 Å². The lowest BCUT2D eigenvalue weighted by Crippen LogP contribution is -1.89. The number of hydrogen-bond donors (Lipinski definition) is 0. The molecule has 0 unspecified atom stereocenters. The number of fused-ring (bicyclic) bond motifs is 2. The normalized spacial score (nSPS) is 11.4. The minimum atomic E-state index is 0.727. The van der Waals surface area contributed by atoms with Gasteiger partial charge in [0.25, 0.3) is 0 Å². The lowest BCUT2D eigenvalue weighted by Gasteiger charge is -2.00. The highest BCUT2D eigenvalue weighted by Crippen LogP contribution is 2.29. The minimum absolute atomic E-state index is 0.727. The quantitative estimate of drug-likeness (QED) is 0.390. The summed E-state index contributed by atoms with van der Waals surface area (Å²) in [5, 5.41) is 9.94. The molecule has 0 N–H and O–H groups in total. The first-order valence-electron chi connectivity index (χ1n) is 7.87. The first-order valence-corrected chi connectivity index (χ1v) is 9.13. The third kappa shape index (κ3) is 2.51. The van der Waals surface area contributed by atoms with Gasteiger partial charge in [-0.3, -0.25) is 0 Å². The van der Waals surface area contributed by atoms with Gasteiger partial charge in [-0.2, -0.15) is 4.98 Å². The zero-order valence-electron chi connectivity index (χ0n) is 13.1. The molecule has 0 amide bonds. The van der Waals surface area contributed by atoms with Crippen molar-refractivity contribution in [2.24, 2.45) is 0 Å². The molecule has 0 spiro atoms. The maximum atomic E-state index is 5.99. The van der Waals surface area contributed by atoms with E-state index in [4.69, 9.17) is 21.7 Å². The number of benzene rings is 3. The van der Waals surface area contributed by atoms with Crippen LogP contribution in [0.3, 0.4) is 0 Å². The monoisotopic (exact) mass is 361 g/mol. The second-order valence-electron chi connectivity index (χ2n) is 5.82. The number of aromatic nitrogens is 3. The van der Waals surface area contributed by atoms with Gasteiger partial charge in [-0.05, 0) is 29.0 Å². The summed E-state index contributed by atoms with van der Waals surface area (Å²) >= 11 is 7.58. The first kappa shape index (κ1) is 14.6. The van der Waals surface area contributed by atoms with Gasteiger partial charge in [0.15, 0.2) is 5.82 Å². The molecule has 0 aliphatic carbocycles. The molecule has 5 rings (SSSR count). The number of nitrogens with zero attached hydrogens (tertiary/aromatic N) is 3. The van der Waals surface area contributed by atoms with E-state index in [0.717, 1.165) is 32.6 Å². The summed E-state index contributed by atoms with van der Waals surface area (Å²) in [5.41, 5.74) is 3.12. The fourth-order valence-electron chi connectivity index (χ4n) is 2.95. The second-order valence-corrected chi connectivity index (χ2v) is 7.09. The Balaban J connectivity index is 1.63. The largest absolute Gasteiger partial charge is 0.213 e. The molecular weight excluding hydrogens is 350 g/mol. The summed E-state index contributed by atoms with van der Waals surface area (Å²) in [4.78, 5) is 5.58. The summed E-state index contributed by atoms with van der Waals surface area (Å²) in [6, 6.07) is 22.4. The molecule has 3 nitrogen and oxygen atoms in total. The van der Waals surface area contributed by atoms with Gasteiger partial charge in [0.1, 0.15) is 0 Å². The number of thiazole rings is 1. The maximum Gasteiger partial charge on any atom is 0.213 e. The Kier molecular flexibility index (Phi) is 3.33. The van der Waals surface area contributed by atoms with Crippen LogP contribution in [0, 0.1) is 0 Å². The Morgan fingerprint density at radius 2 is 1.60 bits per heavy atom. The summed E-state index contributed by atoms with van der Waals surface area (Å²) in [5.74, 6) is 0.743. The molecule has 0 aliphatic heterocycles. The summed E-state index contributed by atoms with van der Waals surface area (Å²) in [6.45, 7) is 0. The zero-order chi connectivity index (χ0) is 16.8. The number of rotatable bonds is 2. The molecule has 0 saturated heterocycles. The molecule has 0 aliphatic rings. The fraction of sp³-hybridized carbons (Fsp3) is 0. The third-order valence-corrected chi connectivity index (χ3v) is 5.30. The van der Waals surface area contributed by atoms with E-state index in [9.17, 15) is 0 Å². The molecular formula is C20H12ClN3S. The molecule has 0 atom stereocenters. The molecule has 0 bridgehead atoms. The molecule has 0 fully saturated rings. The van der Waals surface area contributed by atoms with E-state index in [-0.39, 0.29) is 0 Å².